The Hall–Kier alpha value is -1.40. The first-order valence-electron chi connectivity index (χ1n) is 8.32. The molecular formula is C17H26N2O3S. The smallest absolute Gasteiger partial charge is 0.225 e. The Balaban J connectivity index is 1.84. The lowest BCUT2D eigenvalue weighted by Crippen LogP contribution is -2.24. The number of rotatable bonds is 8. The van der Waals surface area contributed by atoms with Crippen molar-refractivity contribution in [2.24, 2.45) is 0 Å². The van der Waals surface area contributed by atoms with Gasteiger partial charge in [-0.2, -0.15) is 0 Å². The molecule has 2 rings (SSSR count). The average molecular weight is 338 g/mol. The normalized spacial score (nSPS) is 15.7. The van der Waals surface area contributed by atoms with Gasteiger partial charge in [0.1, 0.15) is 0 Å². The fraction of sp³-hybridized carbons (Fsp3) is 0.588. The van der Waals surface area contributed by atoms with Crippen LogP contribution in [-0.2, 0) is 21.2 Å². The van der Waals surface area contributed by atoms with Crippen molar-refractivity contribution < 1.29 is 13.2 Å². The average Bonchev–Trinajstić information content (AvgIpc) is 3.07. The Morgan fingerprint density at radius 3 is 2.70 bits per heavy atom. The van der Waals surface area contributed by atoms with Gasteiger partial charge in [-0.1, -0.05) is 31.9 Å². The SMILES string of the molecule is CCNCc1cccc(NC(=O)CCS(=O)(=O)C2CCCC2)c1. The maximum absolute atomic E-state index is 12.2. The van der Waals surface area contributed by atoms with Gasteiger partial charge < -0.3 is 10.6 Å². The number of benzene rings is 1. The van der Waals surface area contributed by atoms with Gasteiger partial charge in [-0.3, -0.25) is 4.79 Å². The maximum atomic E-state index is 12.2. The minimum absolute atomic E-state index is 0.0241. The molecule has 1 aromatic rings. The number of nitrogens with one attached hydrogen (secondary N) is 2. The van der Waals surface area contributed by atoms with Crippen molar-refractivity contribution in [1.82, 2.24) is 5.32 Å². The van der Waals surface area contributed by atoms with Crippen molar-refractivity contribution in [2.45, 2.75) is 50.8 Å². The van der Waals surface area contributed by atoms with Gasteiger partial charge in [0.25, 0.3) is 0 Å². The molecule has 1 amide bonds. The zero-order valence-electron chi connectivity index (χ0n) is 13.7. The van der Waals surface area contributed by atoms with Gasteiger partial charge in [0.15, 0.2) is 9.84 Å². The van der Waals surface area contributed by atoms with Crippen LogP contribution < -0.4 is 10.6 Å². The highest BCUT2D eigenvalue weighted by atomic mass is 32.2. The Labute approximate surface area is 138 Å². The molecule has 0 heterocycles. The Morgan fingerprint density at radius 2 is 2.00 bits per heavy atom. The predicted molar refractivity (Wildman–Crippen MR) is 93.1 cm³/mol. The molecule has 0 saturated heterocycles. The number of hydrogen-bond acceptors (Lipinski definition) is 4. The summed E-state index contributed by atoms with van der Waals surface area (Å²) in [6, 6.07) is 7.60. The molecular weight excluding hydrogens is 312 g/mol. The molecule has 0 spiro atoms. The van der Waals surface area contributed by atoms with Crippen LogP contribution in [0.2, 0.25) is 0 Å². The van der Waals surface area contributed by atoms with E-state index in [1.165, 1.54) is 0 Å². The fourth-order valence-electron chi connectivity index (χ4n) is 2.90. The third-order valence-electron chi connectivity index (χ3n) is 4.21. The van der Waals surface area contributed by atoms with Gasteiger partial charge in [0.05, 0.1) is 11.0 Å². The first kappa shape index (κ1) is 17.9. The summed E-state index contributed by atoms with van der Waals surface area (Å²) in [6.45, 7) is 3.67. The zero-order valence-corrected chi connectivity index (χ0v) is 14.5. The molecule has 0 atom stereocenters. The Kier molecular flexibility index (Phi) is 6.59. The summed E-state index contributed by atoms with van der Waals surface area (Å²) in [5.41, 5.74) is 1.80. The van der Waals surface area contributed by atoms with Crippen LogP contribution in [0.25, 0.3) is 0 Å². The first-order chi connectivity index (χ1) is 11.0. The van der Waals surface area contributed by atoms with Gasteiger partial charge in [0, 0.05) is 18.7 Å². The molecule has 0 unspecified atom stereocenters. The second kappa shape index (κ2) is 8.45. The van der Waals surface area contributed by atoms with Gasteiger partial charge in [-0.15, -0.1) is 0 Å². The minimum atomic E-state index is -3.14. The van der Waals surface area contributed by atoms with Gasteiger partial charge in [-0.25, -0.2) is 8.42 Å². The summed E-state index contributed by atoms with van der Waals surface area (Å²) in [6.07, 6.45) is 3.48. The van der Waals surface area contributed by atoms with E-state index in [1.807, 2.05) is 31.2 Å². The molecule has 128 valence electrons. The molecule has 1 saturated carbocycles. The molecule has 6 heteroatoms. The van der Waals surface area contributed by atoms with Crippen LogP contribution in [0.15, 0.2) is 24.3 Å². The van der Waals surface area contributed by atoms with Crippen LogP contribution in [-0.4, -0.2) is 31.9 Å². The highest BCUT2D eigenvalue weighted by Crippen LogP contribution is 2.25. The monoisotopic (exact) mass is 338 g/mol. The van der Waals surface area contributed by atoms with E-state index in [0.717, 1.165) is 44.3 Å². The Morgan fingerprint density at radius 1 is 1.26 bits per heavy atom. The standard InChI is InChI=1S/C17H26N2O3S/c1-2-18-13-14-6-5-7-15(12-14)19-17(20)10-11-23(21,22)16-8-3-4-9-16/h5-7,12,16,18H,2-4,8-11,13H2,1H3,(H,19,20). The quantitative estimate of drug-likeness (QED) is 0.763. The molecule has 1 aliphatic carbocycles. The molecule has 1 aliphatic rings. The summed E-state index contributed by atoms with van der Waals surface area (Å²) in [4.78, 5) is 12.0. The molecule has 23 heavy (non-hydrogen) atoms. The second-order valence-electron chi connectivity index (χ2n) is 6.05. The molecule has 0 radical (unpaired) electrons. The van der Waals surface area contributed by atoms with Crippen molar-refractivity contribution in [3.05, 3.63) is 29.8 Å². The number of amides is 1. The van der Waals surface area contributed by atoms with E-state index in [9.17, 15) is 13.2 Å². The number of sulfone groups is 1. The van der Waals surface area contributed by atoms with Crippen molar-refractivity contribution in [3.8, 4) is 0 Å². The zero-order chi connectivity index (χ0) is 16.7. The van der Waals surface area contributed by atoms with Crippen LogP contribution in [0.4, 0.5) is 5.69 Å². The van der Waals surface area contributed by atoms with E-state index in [-0.39, 0.29) is 23.3 Å². The number of carbonyl (C=O) groups is 1. The third-order valence-corrected chi connectivity index (χ3v) is 6.47. The van der Waals surface area contributed by atoms with Crippen molar-refractivity contribution in [1.29, 1.82) is 0 Å². The summed E-state index contributed by atoms with van der Waals surface area (Å²) in [5.74, 6) is -0.298. The third kappa shape index (κ3) is 5.62. The highest BCUT2D eigenvalue weighted by Gasteiger charge is 2.28. The van der Waals surface area contributed by atoms with Crippen LogP contribution >= 0.6 is 0 Å². The van der Waals surface area contributed by atoms with Crippen molar-refractivity contribution in [3.63, 3.8) is 0 Å². The molecule has 1 fully saturated rings. The molecule has 2 N–H and O–H groups in total. The van der Waals surface area contributed by atoms with Crippen LogP contribution in [0.3, 0.4) is 0 Å². The molecule has 1 aromatic carbocycles. The van der Waals surface area contributed by atoms with Gasteiger partial charge in [0.2, 0.25) is 5.91 Å². The lowest BCUT2D eigenvalue weighted by atomic mass is 10.2. The molecule has 0 bridgehead atoms. The van der Waals surface area contributed by atoms with Gasteiger partial charge >= 0.3 is 0 Å². The lowest BCUT2D eigenvalue weighted by molar-refractivity contribution is -0.115. The fourth-order valence-corrected chi connectivity index (χ4v) is 4.76. The largest absolute Gasteiger partial charge is 0.326 e. The lowest BCUT2D eigenvalue weighted by Gasteiger charge is -2.11. The van der Waals surface area contributed by atoms with E-state index in [0.29, 0.717) is 5.69 Å². The van der Waals surface area contributed by atoms with Crippen LogP contribution in [0.5, 0.6) is 0 Å². The first-order valence-corrected chi connectivity index (χ1v) is 10.0. The van der Waals surface area contributed by atoms with Crippen molar-refractivity contribution in [2.75, 3.05) is 17.6 Å². The summed E-state index contributed by atoms with van der Waals surface area (Å²) < 4.78 is 24.3. The molecule has 0 aromatic heterocycles. The number of carbonyl (C=O) groups excluding carboxylic acids is 1. The van der Waals surface area contributed by atoms with E-state index < -0.39 is 9.84 Å². The molecule has 5 nitrogen and oxygen atoms in total. The van der Waals surface area contributed by atoms with E-state index in [1.54, 1.807) is 0 Å². The summed E-state index contributed by atoms with van der Waals surface area (Å²) in [5, 5.41) is 5.78. The Bertz CT molecular complexity index is 622. The predicted octanol–water partition coefficient (Wildman–Crippen LogP) is 2.48. The maximum Gasteiger partial charge on any atom is 0.225 e. The minimum Gasteiger partial charge on any atom is -0.326 e. The van der Waals surface area contributed by atoms with E-state index >= 15 is 0 Å². The van der Waals surface area contributed by atoms with Crippen LogP contribution in [0, 0.1) is 0 Å². The van der Waals surface area contributed by atoms with Crippen LogP contribution in [0.1, 0.15) is 44.6 Å². The summed E-state index contributed by atoms with van der Waals surface area (Å²) in [7, 11) is -3.14. The summed E-state index contributed by atoms with van der Waals surface area (Å²) >= 11 is 0. The van der Waals surface area contributed by atoms with E-state index in [4.69, 9.17) is 0 Å². The number of anilines is 1. The van der Waals surface area contributed by atoms with E-state index in [2.05, 4.69) is 10.6 Å². The number of hydrogen-bond donors (Lipinski definition) is 2. The highest BCUT2D eigenvalue weighted by molar-refractivity contribution is 7.92. The molecule has 0 aliphatic heterocycles. The second-order valence-corrected chi connectivity index (χ2v) is 8.45. The van der Waals surface area contributed by atoms with Gasteiger partial charge in [-0.05, 0) is 37.1 Å². The topological polar surface area (TPSA) is 75.3 Å². The van der Waals surface area contributed by atoms with Crippen molar-refractivity contribution >= 4 is 21.4 Å².